The highest BCUT2D eigenvalue weighted by Crippen LogP contribution is 2.39. The predicted molar refractivity (Wildman–Crippen MR) is 88.8 cm³/mol. The number of primary amides is 1. The number of carbonyl (C=O) groups is 2. The minimum absolute atomic E-state index is 0.235. The van der Waals surface area contributed by atoms with Gasteiger partial charge in [0, 0.05) is 23.0 Å². The molecule has 124 valence electrons. The number of fused-ring (bicyclic) bond motifs is 1. The molecule has 6 nitrogen and oxygen atoms in total. The van der Waals surface area contributed by atoms with E-state index >= 15 is 0 Å². The minimum Gasteiger partial charge on any atom is -0.491 e. The zero-order valence-corrected chi connectivity index (χ0v) is 13.7. The Kier molecular flexibility index (Phi) is 4.40. The summed E-state index contributed by atoms with van der Waals surface area (Å²) in [6.45, 7) is 1.83. The van der Waals surface area contributed by atoms with Gasteiger partial charge in [0.05, 0.1) is 11.6 Å². The Morgan fingerprint density at radius 2 is 2.21 bits per heavy atom. The van der Waals surface area contributed by atoms with Crippen molar-refractivity contribution in [2.24, 2.45) is 5.73 Å². The van der Waals surface area contributed by atoms with Crippen molar-refractivity contribution < 1.29 is 14.3 Å². The normalized spacial score (nSPS) is 16.8. The van der Waals surface area contributed by atoms with E-state index in [0.29, 0.717) is 16.3 Å². The third-order valence-corrected chi connectivity index (χ3v) is 4.27. The van der Waals surface area contributed by atoms with E-state index in [1.165, 1.54) is 11.1 Å². The molecule has 7 heteroatoms. The van der Waals surface area contributed by atoms with E-state index in [1.54, 1.807) is 43.5 Å². The first-order valence-corrected chi connectivity index (χ1v) is 7.81. The number of carbonyl (C=O) groups excluding carboxylic acids is 2. The SMILES string of the molecule is C[C@H](C(N)=O)N(C(=O)c1cccnc1)[C@@H]1COc2ccc(Cl)cc21. The lowest BCUT2D eigenvalue weighted by molar-refractivity contribution is -0.122. The second kappa shape index (κ2) is 6.49. The van der Waals surface area contributed by atoms with Crippen LogP contribution in [0.2, 0.25) is 5.02 Å². The van der Waals surface area contributed by atoms with Crippen LogP contribution in [0.15, 0.2) is 42.7 Å². The summed E-state index contributed by atoms with van der Waals surface area (Å²) in [6.07, 6.45) is 3.03. The van der Waals surface area contributed by atoms with Gasteiger partial charge in [0.1, 0.15) is 18.4 Å². The fourth-order valence-electron chi connectivity index (χ4n) is 2.76. The van der Waals surface area contributed by atoms with E-state index in [9.17, 15) is 9.59 Å². The van der Waals surface area contributed by atoms with Crippen LogP contribution < -0.4 is 10.5 Å². The molecule has 0 fully saturated rings. The maximum Gasteiger partial charge on any atom is 0.256 e. The van der Waals surface area contributed by atoms with Crippen molar-refractivity contribution in [3.05, 3.63) is 58.9 Å². The lowest BCUT2D eigenvalue weighted by atomic mass is 10.0. The number of benzene rings is 1. The van der Waals surface area contributed by atoms with Gasteiger partial charge in [-0.1, -0.05) is 11.6 Å². The van der Waals surface area contributed by atoms with Gasteiger partial charge < -0.3 is 15.4 Å². The number of hydrogen-bond acceptors (Lipinski definition) is 4. The van der Waals surface area contributed by atoms with Crippen molar-refractivity contribution in [3.63, 3.8) is 0 Å². The highest BCUT2D eigenvalue weighted by atomic mass is 35.5. The van der Waals surface area contributed by atoms with E-state index in [1.807, 2.05) is 0 Å². The van der Waals surface area contributed by atoms with Crippen LogP contribution >= 0.6 is 11.6 Å². The van der Waals surface area contributed by atoms with Crippen LogP contribution in [0.5, 0.6) is 5.75 Å². The standard InChI is InChI=1S/C17H16ClN3O3/c1-10(16(19)22)21(17(23)11-3-2-6-20-8-11)14-9-24-15-5-4-12(18)7-13(14)15/h2-8,10,14H,9H2,1H3,(H2,19,22)/t10-,14-/m1/s1. The summed E-state index contributed by atoms with van der Waals surface area (Å²) in [6, 6.07) is 7.25. The molecule has 2 N–H and O–H groups in total. The number of rotatable bonds is 4. The average molecular weight is 346 g/mol. The Bertz CT molecular complexity index is 782. The summed E-state index contributed by atoms with van der Waals surface area (Å²) in [4.78, 5) is 30.1. The maximum absolute atomic E-state index is 13.0. The van der Waals surface area contributed by atoms with Crippen LogP contribution in [0.1, 0.15) is 28.9 Å². The monoisotopic (exact) mass is 345 g/mol. The summed E-state index contributed by atoms with van der Waals surface area (Å²) in [5.74, 6) is -0.288. The second-order valence-corrected chi connectivity index (χ2v) is 5.98. The van der Waals surface area contributed by atoms with E-state index in [0.717, 1.165) is 5.56 Å². The summed E-state index contributed by atoms with van der Waals surface area (Å²) in [7, 11) is 0. The highest BCUT2D eigenvalue weighted by molar-refractivity contribution is 6.30. The molecule has 0 aliphatic carbocycles. The molecule has 0 unspecified atom stereocenters. The molecule has 2 aromatic rings. The number of pyridine rings is 1. The molecule has 1 aromatic carbocycles. The van der Waals surface area contributed by atoms with Crippen LogP contribution in [0.3, 0.4) is 0 Å². The van der Waals surface area contributed by atoms with Crippen molar-refractivity contribution in [1.29, 1.82) is 0 Å². The third kappa shape index (κ3) is 2.92. The predicted octanol–water partition coefficient (Wildman–Crippen LogP) is 2.18. The molecule has 3 rings (SSSR count). The van der Waals surface area contributed by atoms with Gasteiger partial charge in [0.15, 0.2) is 0 Å². The Balaban J connectivity index is 2.03. The Labute approximate surface area is 144 Å². The molecule has 2 heterocycles. The lowest BCUT2D eigenvalue weighted by Gasteiger charge is -2.32. The van der Waals surface area contributed by atoms with E-state index < -0.39 is 18.0 Å². The lowest BCUT2D eigenvalue weighted by Crippen LogP contribution is -2.48. The number of hydrogen-bond donors (Lipinski definition) is 1. The zero-order chi connectivity index (χ0) is 17.3. The third-order valence-electron chi connectivity index (χ3n) is 4.04. The number of halogens is 1. The summed E-state index contributed by atoms with van der Waals surface area (Å²) in [5, 5.41) is 0.532. The van der Waals surface area contributed by atoms with Crippen molar-refractivity contribution in [3.8, 4) is 5.75 Å². The Hall–Kier alpha value is -2.60. The molecule has 24 heavy (non-hydrogen) atoms. The zero-order valence-electron chi connectivity index (χ0n) is 13.0. The molecule has 0 radical (unpaired) electrons. The molecule has 0 saturated heterocycles. The first kappa shape index (κ1) is 16.3. The molecule has 0 spiro atoms. The van der Waals surface area contributed by atoms with Gasteiger partial charge in [-0.2, -0.15) is 0 Å². The van der Waals surface area contributed by atoms with Gasteiger partial charge in [-0.25, -0.2) is 0 Å². The van der Waals surface area contributed by atoms with Crippen molar-refractivity contribution in [2.75, 3.05) is 6.61 Å². The van der Waals surface area contributed by atoms with E-state index in [4.69, 9.17) is 22.1 Å². The van der Waals surface area contributed by atoms with Crippen LogP contribution in [0, 0.1) is 0 Å². The smallest absolute Gasteiger partial charge is 0.256 e. The molecule has 2 atom stereocenters. The van der Waals surface area contributed by atoms with Gasteiger partial charge in [0.25, 0.3) is 5.91 Å². The van der Waals surface area contributed by atoms with E-state index in [2.05, 4.69) is 4.98 Å². The number of nitrogens with two attached hydrogens (primary N) is 1. The molecule has 0 bridgehead atoms. The summed E-state index contributed by atoms with van der Waals surface area (Å²) in [5.41, 5.74) is 6.59. The van der Waals surface area contributed by atoms with Gasteiger partial charge in [0.2, 0.25) is 5.91 Å². The fourth-order valence-corrected chi connectivity index (χ4v) is 2.94. The molecule has 1 aliphatic rings. The van der Waals surface area contributed by atoms with Crippen molar-refractivity contribution >= 4 is 23.4 Å². The number of nitrogens with zero attached hydrogens (tertiary/aromatic N) is 2. The van der Waals surface area contributed by atoms with Crippen LogP contribution in [0.4, 0.5) is 0 Å². The molecule has 2 amide bonds. The van der Waals surface area contributed by atoms with Crippen molar-refractivity contribution in [2.45, 2.75) is 19.0 Å². The largest absolute Gasteiger partial charge is 0.491 e. The fraction of sp³-hybridized carbons (Fsp3) is 0.235. The van der Waals surface area contributed by atoms with Crippen LogP contribution in [0.25, 0.3) is 0 Å². The minimum atomic E-state index is -0.809. The molecule has 0 saturated carbocycles. The Morgan fingerprint density at radius 3 is 2.88 bits per heavy atom. The Morgan fingerprint density at radius 1 is 1.42 bits per heavy atom. The second-order valence-electron chi connectivity index (χ2n) is 5.54. The van der Waals surface area contributed by atoms with Crippen LogP contribution in [-0.2, 0) is 4.79 Å². The van der Waals surface area contributed by atoms with Gasteiger partial charge in [-0.3, -0.25) is 14.6 Å². The quantitative estimate of drug-likeness (QED) is 0.920. The van der Waals surface area contributed by atoms with Gasteiger partial charge in [-0.05, 0) is 37.3 Å². The molecule has 1 aliphatic heterocycles. The van der Waals surface area contributed by atoms with Gasteiger partial charge >= 0.3 is 0 Å². The molecule has 1 aromatic heterocycles. The van der Waals surface area contributed by atoms with E-state index in [-0.39, 0.29) is 12.5 Å². The summed E-state index contributed by atoms with van der Waals surface area (Å²) < 4.78 is 5.64. The van der Waals surface area contributed by atoms with Gasteiger partial charge in [-0.15, -0.1) is 0 Å². The summed E-state index contributed by atoms with van der Waals surface area (Å²) >= 11 is 6.07. The molecular weight excluding hydrogens is 330 g/mol. The number of aromatic nitrogens is 1. The first-order chi connectivity index (χ1) is 11.5. The molecular formula is C17H16ClN3O3. The average Bonchev–Trinajstić information content (AvgIpc) is 2.98. The number of ether oxygens (including phenoxy) is 1. The highest BCUT2D eigenvalue weighted by Gasteiger charge is 2.37. The van der Waals surface area contributed by atoms with Crippen LogP contribution in [-0.4, -0.2) is 34.3 Å². The van der Waals surface area contributed by atoms with Crippen molar-refractivity contribution in [1.82, 2.24) is 9.88 Å². The topological polar surface area (TPSA) is 85.5 Å². The maximum atomic E-state index is 13.0. The first-order valence-electron chi connectivity index (χ1n) is 7.43. The number of amides is 2.